The van der Waals surface area contributed by atoms with Gasteiger partial charge in [0.2, 0.25) is 5.69 Å². The maximum atomic E-state index is 6.51. The van der Waals surface area contributed by atoms with E-state index in [2.05, 4.69) is 142 Å². The van der Waals surface area contributed by atoms with Gasteiger partial charge < -0.3 is 5.73 Å². The monoisotopic (exact) mass is 589 g/mol. The highest BCUT2D eigenvalue weighted by Crippen LogP contribution is 2.36. The van der Waals surface area contributed by atoms with Gasteiger partial charge >= 0.3 is 0 Å². The Morgan fingerprint density at radius 2 is 1.64 bits per heavy atom. The molecule has 0 fully saturated rings. The number of nitrogens with two attached hydrogens (primary N) is 1. The van der Waals surface area contributed by atoms with Crippen LogP contribution in [0.2, 0.25) is 0 Å². The molecule has 0 radical (unpaired) electrons. The number of aromatic nitrogens is 3. The molecule has 0 aliphatic heterocycles. The Bertz CT molecular complexity index is 1670. The van der Waals surface area contributed by atoms with Gasteiger partial charge in [0.1, 0.15) is 11.4 Å². The molecule has 230 valence electrons. The summed E-state index contributed by atoms with van der Waals surface area (Å²) in [5.74, 6) is 0. The Morgan fingerprint density at radius 3 is 2.34 bits per heavy atom. The third-order valence-corrected chi connectivity index (χ3v) is 8.58. The van der Waals surface area contributed by atoms with Crippen molar-refractivity contribution in [3.8, 4) is 22.5 Å². The van der Waals surface area contributed by atoms with Crippen LogP contribution in [0, 0.1) is 19.3 Å². The minimum atomic E-state index is -0.153. The molecule has 2 aromatic heterocycles. The molecule has 2 heterocycles. The van der Waals surface area contributed by atoms with Gasteiger partial charge in [0.15, 0.2) is 11.9 Å². The predicted molar refractivity (Wildman–Crippen MR) is 184 cm³/mol. The Labute approximate surface area is 265 Å². The van der Waals surface area contributed by atoms with E-state index in [1.165, 1.54) is 35.1 Å². The highest BCUT2D eigenvalue weighted by atomic mass is 15.2. The van der Waals surface area contributed by atoms with Gasteiger partial charge in [0, 0.05) is 47.5 Å². The van der Waals surface area contributed by atoms with Crippen LogP contribution < -0.4 is 14.9 Å². The molecule has 4 rings (SSSR count). The zero-order chi connectivity index (χ0) is 32.1. The van der Waals surface area contributed by atoms with Crippen molar-refractivity contribution in [1.29, 1.82) is 0 Å². The van der Waals surface area contributed by atoms with Gasteiger partial charge in [-0.25, -0.2) is 0 Å². The van der Waals surface area contributed by atoms with E-state index >= 15 is 0 Å². The summed E-state index contributed by atoms with van der Waals surface area (Å²) in [6.07, 6.45) is 9.61. The fourth-order valence-corrected chi connectivity index (χ4v) is 5.61. The fraction of sp³-hybridized carbons (Fsp3) is 0.385. The molecule has 0 saturated heterocycles. The first-order valence-corrected chi connectivity index (χ1v) is 15.9. The Morgan fingerprint density at radius 1 is 0.909 bits per heavy atom. The number of pyridine rings is 1. The van der Waals surface area contributed by atoms with Crippen molar-refractivity contribution in [3.63, 3.8) is 0 Å². The van der Waals surface area contributed by atoms with Gasteiger partial charge in [0.25, 0.3) is 13.0 Å². The molecule has 44 heavy (non-hydrogen) atoms. The van der Waals surface area contributed by atoms with Crippen LogP contribution in [0.15, 0.2) is 96.0 Å². The molecular weight excluding hydrogens is 538 g/mol. The molecule has 4 aromatic rings. The van der Waals surface area contributed by atoms with Crippen molar-refractivity contribution in [2.24, 2.45) is 16.1 Å². The molecule has 0 aliphatic rings. The van der Waals surface area contributed by atoms with Gasteiger partial charge in [-0.15, -0.1) is 0 Å². The van der Waals surface area contributed by atoms with Crippen LogP contribution in [-0.4, -0.2) is 17.7 Å². The van der Waals surface area contributed by atoms with E-state index in [0.29, 0.717) is 6.67 Å². The smallest absolute Gasteiger partial charge is 0.292 e. The lowest BCUT2D eigenvalue weighted by Gasteiger charge is -2.27. The number of benzene rings is 2. The van der Waals surface area contributed by atoms with Crippen LogP contribution in [0.5, 0.6) is 0 Å². The number of aryl methyl sites for hydroxylation is 2. The summed E-state index contributed by atoms with van der Waals surface area (Å²) in [7, 11) is 1.83. The number of rotatable bonds is 10. The highest BCUT2D eigenvalue weighted by molar-refractivity contribution is 6.06. The third kappa shape index (κ3) is 7.50. The summed E-state index contributed by atoms with van der Waals surface area (Å²) in [5.41, 5.74) is 17.3. The van der Waals surface area contributed by atoms with Crippen molar-refractivity contribution in [2.45, 2.75) is 86.7 Å². The first-order valence-electron chi connectivity index (χ1n) is 15.9. The number of allylic oxidation sites excluding steroid dienone is 2. The van der Waals surface area contributed by atoms with Gasteiger partial charge in [-0.1, -0.05) is 96.3 Å². The van der Waals surface area contributed by atoms with Crippen molar-refractivity contribution in [3.05, 3.63) is 113 Å². The van der Waals surface area contributed by atoms with Gasteiger partial charge in [0.05, 0.1) is 0 Å². The topological polar surface area (TPSA) is 59.0 Å². The predicted octanol–water partition coefficient (Wildman–Crippen LogP) is 7.89. The van der Waals surface area contributed by atoms with Crippen LogP contribution in [0.3, 0.4) is 0 Å². The number of nitrogens with zero attached hydrogens (tertiary/aromatic N) is 4. The maximum absolute atomic E-state index is 6.51. The maximum Gasteiger partial charge on any atom is 0.292 e. The zero-order valence-electron chi connectivity index (χ0n) is 28.3. The van der Waals surface area contributed by atoms with E-state index in [9.17, 15) is 0 Å². The minimum Gasteiger partial charge on any atom is -0.402 e. The van der Waals surface area contributed by atoms with E-state index in [-0.39, 0.29) is 10.8 Å². The normalized spacial score (nSPS) is 12.9. The summed E-state index contributed by atoms with van der Waals surface area (Å²) in [4.78, 5) is 9.69. The molecule has 0 atom stereocenters. The minimum absolute atomic E-state index is 0.0233. The molecule has 0 saturated carbocycles. The lowest BCUT2D eigenvalue weighted by molar-refractivity contribution is -0.909. The second-order valence-corrected chi connectivity index (χ2v) is 13.6. The number of hydrogen-bond acceptors (Lipinski definition) is 3. The van der Waals surface area contributed by atoms with E-state index in [4.69, 9.17) is 10.7 Å². The van der Waals surface area contributed by atoms with Crippen molar-refractivity contribution in [2.75, 3.05) is 7.05 Å². The Kier molecular flexibility index (Phi) is 10.2. The zero-order valence-corrected chi connectivity index (χ0v) is 28.3. The van der Waals surface area contributed by atoms with Gasteiger partial charge in [-0.05, 0) is 60.0 Å². The molecule has 0 amide bonds. The van der Waals surface area contributed by atoms with Crippen LogP contribution in [0.1, 0.15) is 83.2 Å². The van der Waals surface area contributed by atoms with Crippen LogP contribution in [0.25, 0.3) is 22.5 Å². The summed E-state index contributed by atoms with van der Waals surface area (Å²) in [6, 6.07) is 24.0. The van der Waals surface area contributed by atoms with E-state index in [1.54, 1.807) is 0 Å². The Hall–Kier alpha value is -4.12. The number of unbranched alkanes of at least 4 members (excludes halogenated alkanes) is 1. The molecule has 0 unspecified atom stereocenters. The van der Waals surface area contributed by atoms with Gasteiger partial charge in [-0.3, -0.25) is 4.99 Å². The molecule has 5 nitrogen and oxygen atoms in total. The summed E-state index contributed by atoms with van der Waals surface area (Å²) in [6.45, 7) is 18.2. The molecule has 0 aliphatic carbocycles. The van der Waals surface area contributed by atoms with Crippen LogP contribution in [0.4, 0.5) is 0 Å². The third-order valence-electron chi connectivity index (χ3n) is 8.58. The lowest BCUT2D eigenvalue weighted by atomic mass is 9.77. The Balaban J connectivity index is 1.92. The number of hydrogen-bond donors (Lipinski definition) is 1. The highest BCUT2D eigenvalue weighted by Gasteiger charge is 2.28. The lowest BCUT2D eigenvalue weighted by Crippen LogP contribution is -2.55. The summed E-state index contributed by atoms with van der Waals surface area (Å²) in [5, 5.41) is 0. The first-order chi connectivity index (χ1) is 20.9. The molecule has 2 aromatic carbocycles. The molecule has 0 spiro atoms. The average molecular weight is 590 g/mol. The molecule has 0 bridgehead atoms. The van der Waals surface area contributed by atoms with Crippen molar-refractivity contribution < 1.29 is 9.13 Å². The summed E-state index contributed by atoms with van der Waals surface area (Å²) < 4.78 is 4.49. The van der Waals surface area contributed by atoms with Crippen molar-refractivity contribution in [1.82, 2.24) is 4.98 Å². The molecule has 2 N–H and O–H groups in total. The number of aliphatic imine (C=N–C) groups is 1. The molecular formula is C39H51N5+2. The van der Waals surface area contributed by atoms with Gasteiger partial charge in [-0.2, -0.15) is 9.13 Å². The molecule has 5 heteroatoms. The summed E-state index contributed by atoms with van der Waals surface area (Å²) >= 11 is 0. The van der Waals surface area contributed by atoms with E-state index in [1.807, 2.05) is 19.5 Å². The fourth-order valence-electron chi connectivity index (χ4n) is 5.61. The quantitative estimate of drug-likeness (QED) is 0.151. The second-order valence-electron chi connectivity index (χ2n) is 13.6. The SMILES string of the molecule is CCCCC(C)(C)c1ccccc1-c1cc(-c2cc(C)ccc2C)nc[n+]1C[n+]1ccccc1C(C=C(N)C(C)(C)C)=NC. The van der Waals surface area contributed by atoms with E-state index in [0.717, 1.165) is 40.5 Å². The largest absolute Gasteiger partial charge is 0.402 e. The van der Waals surface area contributed by atoms with Crippen LogP contribution in [-0.2, 0) is 12.1 Å². The first kappa shape index (κ1) is 32.8. The second kappa shape index (κ2) is 13.7. The van der Waals surface area contributed by atoms with E-state index < -0.39 is 0 Å². The average Bonchev–Trinajstić information content (AvgIpc) is 3.00. The standard InChI is InChI=1S/C39H51N5/c1-10-11-21-39(7,8)32-17-13-12-16-30(32)36-24-33(31-23-28(2)19-20-29(31)3)42-26-44(36)27-43-22-15-14-18-35(43)34(41-9)25-37(40)38(4,5)6/h12-20,22-26H,10-11,21,27,40H2,1-9H3/q+2. The van der Waals surface area contributed by atoms with Crippen molar-refractivity contribution >= 4 is 5.71 Å². The van der Waals surface area contributed by atoms with Crippen LogP contribution >= 0.6 is 0 Å².